The first-order valence-corrected chi connectivity index (χ1v) is 8.46. The van der Waals surface area contributed by atoms with Crippen LogP contribution in [-0.4, -0.2) is 41.7 Å². The second-order valence-corrected chi connectivity index (χ2v) is 6.19. The van der Waals surface area contributed by atoms with Gasteiger partial charge in [0, 0.05) is 31.5 Å². The lowest BCUT2D eigenvalue weighted by atomic mass is 9.87. The Balaban J connectivity index is 1.73. The van der Waals surface area contributed by atoms with E-state index in [1.54, 1.807) is 30.1 Å². The summed E-state index contributed by atoms with van der Waals surface area (Å²) in [5.74, 6) is -0.178. The zero-order valence-corrected chi connectivity index (χ0v) is 14.3. The molecule has 7 heteroatoms. The molecule has 2 heterocycles. The maximum Gasteiger partial charge on any atom is 0.251 e. The third kappa shape index (κ3) is 3.56. The quantitative estimate of drug-likeness (QED) is 0.745. The molecule has 0 bridgehead atoms. The van der Waals surface area contributed by atoms with Crippen molar-refractivity contribution in [2.45, 2.75) is 24.9 Å². The molecule has 0 saturated carbocycles. The van der Waals surface area contributed by atoms with Gasteiger partial charge in [-0.15, -0.1) is 0 Å². The average Bonchev–Trinajstić information content (AvgIpc) is 3.21. The van der Waals surface area contributed by atoms with Gasteiger partial charge in [0.15, 0.2) is 0 Å². The van der Waals surface area contributed by atoms with E-state index in [2.05, 4.69) is 21.0 Å². The Bertz CT molecular complexity index is 736. The average molecular weight is 341 g/mol. The minimum absolute atomic E-state index is 0.0388. The number of aromatic nitrogens is 2. The summed E-state index contributed by atoms with van der Waals surface area (Å²) in [6, 6.07) is 9.10. The lowest BCUT2D eigenvalue weighted by Gasteiger charge is -2.36. The summed E-state index contributed by atoms with van der Waals surface area (Å²) in [4.78, 5) is 24.7. The fourth-order valence-corrected chi connectivity index (χ4v) is 3.24. The van der Waals surface area contributed by atoms with E-state index in [0.717, 1.165) is 18.7 Å². The molecule has 1 aliphatic rings. The van der Waals surface area contributed by atoms with Crippen molar-refractivity contribution >= 4 is 11.8 Å². The van der Waals surface area contributed by atoms with Crippen LogP contribution in [0.4, 0.5) is 0 Å². The van der Waals surface area contributed by atoms with Crippen LogP contribution in [-0.2, 0) is 16.9 Å². The smallest absolute Gasteiger partial charge is 0.251 e. The van der Waals surface area contributed by atoms with Crippen LogP contribution in [0, 0.1) is 0 Å². The topological polar surface area (TPSA) is 88.1 Å². The SMILES string of the molecule is CNC(=O)c1cccc(CNC(=O)C2(n3cccn3)CCNCC2)c1. The summed E-state index contributed by atoms with van der Waals surface area (Å²) in [6.45, 7) is 1.93. The second kappa shape index (κ2) is 7.48. The molecule has 2 amide bonds. The van der Waals surface area contributed by atoms with Crippen LogP contribution < -0.4 is 16.0 Å². The maximum atomic E-state index is 13.0. The summed E-state index contributed by atoms with van der Waals surface area (Å²) in [7, 11) is 1.60. The predicted molar refractivity (Wildman–Crippen MR) is 94.0 cm³/mol. The number of carbonyl (C=O) groups is 2. The van der Waals surface area contributed by atoms with E-state index in [0.29, 0.717) is 24.9 Å². The number of hydrogen-bond donors (Lipinski definition) is 3. The number of piperidine rings is 1. The molecule has 0 radical (unpaired) electrons. The third-order valence-corrected chi connectivity index (χ3v) is 4.67. The van der Waals surface area contributed by atoms with Gasteiger partial charge >= 0.3 is 0 Å². The molecular weight excluding hydrogens is 318 g/mol. The number of hydrogen-bond acceptors (Lipinski definition) is 4. The molecule has 0 aliphatic carbocycles. The highest BCUT2D eigenvalue weighted by Gasteiger charge is 2.41. The highest BCUT2D eigenvalue weighted by Crippen LogP contribution is 2.27. The minimum Gasteiger partial charge on any atom is -0.355 e. The van der Waals surface area contributed by atoms with Crippen LogP contribution in [0.5, 0.6) is 0 Å². The molecule has 0 spiro atoms. The fraction of sp³-hybridized carbons (Fsp3) is 0.389. The van der Waals surface area contributed by atoms with Gasteiger partial charge in [-0.3, -0.25) is 14.3 Å². The van der Waals surface area contributed by atoms with Crippen LogP contribution in [0.2, 0.25) is 0 Å². The van der Waals surface area contributed by atoms with Crippen molar-refractivity contribution in [1.82, 2.24) is 25.7 Å². The molecule has 0 unspecified atom stereocenters. The fourth-order valence-electron chi connectivity index (χ4n) is 3.24. The van der Waals surface area contributed by atoms with Crippen molar-refractivity contribution in [3.8, 4) is 0 Å². The largest absolute Gasteiger partial charge is 0.355 e. The van der Waals surface area contributed by atoms with Gasteiger partial charge in [0.05, 0.1) is 0 Å². The molecule has 132 valence electrons. The lowest BCUT2D eigenvalue weighted by molar-refractivity contribution is -0.132. The van der Waals surface area contributed by atoms with Crippen LogP contribution in [0.25, 0.3) is 0 Å². The Labute approximate surface area is 146 Å². The van der Waals surface area contributed by atoms with Crippen molar-refractivity contribution in [3.63, 3.8) is 0 Å². The number of carbonyl (C=O) groups excluding carboxylic acids is 2. The molecule has 1 saturated heterocycles. The third-order valence-electron chi connectivity index (χ3n) is 4.67. The number of nitrogens with zero attached hydrogens (tertiary/aromatic N) is 2. The highest BCUT2D eigenvalue weighted by molar-refractivity contribution is 5.94. The molecule has 1 aromatic heterocycles. The van der Waals surface area contributed by atoms with Crippen LogP contribution in [0.15, 0.2) is 42.7 Å². The Morgan fingerprint density at radius 1 is 1.28 bits per heavy atom. The van der Waals surface area contributed by atoms with E-state index in [1.165, 1.54) is 0 Å². The maximum absolute atomic E-state index is 13.0. The van der Waals surface area contributed by atoms with E-state index >= 15 is 0 Å². The van der Waals surface area contributed by atoms with Crippen molar-refractivity contribution in [2.24, 2.45) is 0 Å². The van der Waals surface area contributed by atoms with Crippen molar-refractivity contribution < 1.29 is 9.59 Å². The summed E-state index contributed by atoms with van der Waals surface area (Å²) in [6.07, 6.45) is 4.93. The normalized spacial score (nSPS) is 16.2. The zero-order valence-electron chi connectivity index (χ0n) is 14.3. The molecule has 2 aromatic rings. The van der Waals surface area contributed by atoms with Crippen LogP contribution in [0.3, 0.4) is 0 Å². The summed E-state index contributed by atoms with van der Waals surface area (Å²) >= 11 is 0. The molecule has 1 aromatic carbocycles. The monoisotopic (exact) mass is 341 g/mol. The van der Waals surface area contributed by atoms with E-state index in [1.807, 2.05) is 24.4 Å². The molecular formula is C18H23N5O2. The number of amides is 2. The molecule has 25 heavy (non-hydrogen) atoms. The van der Waals surface area contributed by atoms with Gasteiger partial charge in [-0.05, 0) is 49.7 Å². The van der Waals surface area contributed by atoms with E-state index in [4.69, 9.17) is 0 Å². The Hall–Kier alpha value is -2.67. The Kier molecular flexibility index (Phi) is 5.14. The lowest BCUT2D eigenvalue weighted by Crippen LogP contribution is -2.54. The van der Waals surface area contributed by atoms with Gasteiger partial charge in [0.25, 0.3) is 5.91 Å². The highest BCUT2D eigenvalue weighted by atomic mass is 16.2. The summed E-state index contributed by atoms with van der Waals surface area (Å²) < 4.78 is 1.77. The van der Waals surface area contributed by atoms with Gasteiger partial charge < -0.3 is 16.0 Å². The van der Waals surface area contributed by atoms with Crippen molar-refractivity contribution in [2.75, 3.05) is 20.1 Å². The first-order chi connectivity index (χ1) is 12.2. The Morgan fingerprint density at radius 2 is 2.08 bits per heavy atom. The first-order valence-electron chi connectivity index (χ1n) is 8.46. The molecule has 1 aliphatic heterocycles. The van der Waals surface area contributed by atoms with Crippen molar-refractivity contribution in [3.05, 3.63) is 53.9 Å². The molecule has 1 fully saturated rings. The first kappa shape index (κ1) is 17.2. The van der Waals surface area contributed by atoms with Gasteiger partial charge in [-0.2, -0.15) is 5.10 Å². The number of rotatable bonds is 5. The van der Waals surface area contributed by atoms with Crippen LogP contribution >= 0.6 is 0 Å². The standard InChI is InChI=1S/C18H23N5O2/c1-19-16(24)15-5-2-4-14(12-15)13-21-17(25)18(6-9-20-10-7-18)23-11-3-8-22-23/h2-5,8,11-12,20H,6-7,9-10,13H2,1H3,(H,19,24)(H,21,25). The molecule has 3 N–H and O–H groups in total. The van der Waals surface area contributed by atoms with Gasteiger partial charge in [0.2, 0.25) is 5.91 Å². The van der Waals surface area contributed by atoms with Gasteiger partial charge in [-0.1, -0.05) is 12.1 Å². The Morgan fingerprint density at radius 3 is 2.76 bits per heavy atom. The minimum atomic E-state index is -0.660. The second-order valence-electron chi connectivity index (χ2n) is 6.19. The predicted octanol–water partition coefficient (Wildman–Crippen LogP) is 0.638. The zero-order chi connectivity index (χ0) is 17.7. The van der Waals surface area contributed by atoms with Gasteiger partial charge in [0.1, 0.15) is 5.54 Å². The van der Waals surface area contributed by atoms with Gasteiger partial charge in [-0.25, -0.2) is 0 Å². The summed E-state index contributed by atoms with van der Waals surface area (Å²) in [5.41, 5.74) is 0.810. The number of nitrogens with one attached hydrogen (secondary N) is 3. The van der Waals surface area contributed by atoms with E-state index in [9.17, 15) is 9.59 Å². The van der Waals surface area contributed by atoms with Crippen molar-refractivity contribution in [1.29, 1.82) is 0 Å². The molecule has 7 nitrogen and oxygen atoms in total. The molecule has 3 rings (SSSR count). The van der Waals surface area contributed by atoms with E-state index in [-0.39, 0.29) is 11.8 Å². The molecule has 0 atom stereocenters. The summed E-state index contributed by atoms with van der Waals surface area (Å²) in [5, 5.41) is 13.2. The van der Waals surface area contributed by atoms with E-state index < -0.39 is 5.54 Å². The van der Waals surface area contributed by atoms with Crippen LogP contribution in [0.1, 0.15) is 28.8 Å². The number of benzene rings is 1.